The van der Waals surface area contributed by atoms with Crippen molar-refractivity contribution < 1.29 is 14.3 Å². The van der Waals surface area contributed by atoms with E-state index in [9.17, 15) is 4.79 Å². The fraction of sp³-hybridized carbons (Fsp3) is 0.458. The van der Waals surface area contributed by atoms with Crippen molar-refractivity contribution in [1.29, 1.82) is 0 Å². The summed E-state index contributed by atoms with van der Waals surface area (Å²) in [6, 6.07) is 10.1. The molecule has 0 aliphatic carbocycles. The van der Waals surface area contributed by atoms with Crippen molar-refractivity contribution in [3.63, 3.8) is 0 Å². The van der Waals surface area contributed by atoms with Gasteiger partial charge >= 0.3 is 0 Å². The van der Waals surface area contributed by atoms with Crippen LogP contribution in [0, 0.1) is 0 Å². The van der Waals surface area contributed by atoms with Gasteiger partial charge in [-0.3, -0.25) is 9.69 Å². The molecule has 32 heavy (non-hydrogen) atoms. The monoisotopic (exact) mass is 454 g/mol. The second-order valence-electron chi connectivity index (χ2n) is 8.11. The average molecular weight is 455 g/mol. The molecule has 1 aromatic carbocycles. The predicted molar refractivity (Wildman–Crippen MR) is 127 cm³/mol. The number of benzene rings is 1. The molecule has 3 aromatic rings. The standard InChI is InChI=1S/C24H30N4O3S/c1-5-27(16(3)14-28(6-2)17(4)29)15-20-13-18-12-19(9-10-21(18)30-20)31-24-26-23-22(32-24)8-7-11-25-23/h7-12,16,20H,5-6,13-15H2,1-4H3/t16-,20?/m1/s1. The van der Waals surface area contributed by atoms with E-state index in [0.717, 1.165) is 54.4 Å². The molecule has 170 valence electrons. The van der Waals surface area contributed by atoms with Gasteiger partial charge in [-0.25, -0.2) is 4.98 Å². The third-order valence-corrected chi connectivity index (χ3v) is 6.79. The Hall–Kier alpha value is -2.71. The second kappa shape index (κ2) is 9.83. The smallest absolute Gasteiger partial charge is 0.281 e. The molecule has 1 aliphatic rings. The first-order valence-corrected chi connectivity index (χ1v) is 12.0. The van der Waals surface area contributed by atoms with Gasteiger partial charge in [-0.1, -0.05) is 18.3 Å². The number of rotatable bonds is 9. The van der Waals surface area contributed by atoms with Crippen molar-refractivity contribution in [2.75, 3.05) is 26.2 Å². The van der Waals surface area contributed by atoms with E-state index in [4.69, 9.17) is 9.47 Å². The molecule has 0 fully saturated rings. The van der Waals surface area contributed by atoms with Gasteiger partial charge < -0.3 is 14.4 Å². The molecule has 0 saturated carbocycles. The van der Waals surface area contributed by atoms with Crippen LogP contribution in [0.3, 0.4) is 0 Å². The number of ether oxygens (including phenoxy) is 2. The summed E-state index contributed by atoms with van der Waals surface area (Å²) in [4.78, 5) is 24.8. The summed E-state index contributed by atoms with van der Waals surface area (Å²) in [5.74, 6) is 1.79. The summed E-state index contributed by atoms with van der Waals surface area (Å²) in [6.45, 7) is 11.2. The summed E-state index contributed by atoms with van der Waals surface area (Å²) in [5.41, 5.74) is 1.85. The Balaban J connectivity index is 1.38. The minimum atomic E-state index is 0.0849. The van der Waals surface area contributed by atoms with Crippen LogP contribution in [0.2, 0.25) is 0 Å². The lowest BCUT2D eigenvalue weighted by molar-refractivity contribution is -0.129. The van der Waals surface area contributed by atoms with E-state index in [1.54, 1.807) is 13.1 Å². The van der Waals surface area contributed by atoms with Crippen LogP contribution in [0.5, 0.6) is 16.7 Å². The van der Waals surface area contributed by atoms with Crippen molar-refractivity contribution in [2.45, 2.75) is 46.3 Å². The molecule has 2 atom stereocenters. The molecule has 8 heteroatoms. The topological polar surface area (TPSA) is 67.8 Å². The maximum Gasteiger partial charge on any atom is 0.281 e. The molecule has 0 saturated heterocycles. The first-order valence-electron chi connectivity index (χ1n) is 11.1. The van der Waals surface area contributed by atoms with Crippen LogP contribution in [0.15, 0.2) is 36.5 Å². The maximum atomic E-state index is 11.8. The highest BCUT2D eigenvalue weighted by Crippen LogP contribution is 2.36. The predicted octanol–water partition coefficient (Wildman–Crippen LogP) is 4.37. The fourth-order valence-corrected chi connectivity index (χ4v) is 4.95. The Morgan fingerprint density at radius 3 is 2.88 bits per heavy atom. The summed E-state index contributed by atoms with van der Waals surface area (Å²) < 4.78 is 13.2. The van der Waals surface area contributed by atoms with Crippen LogP contribution in [0.4, 0.5) is 0 Å². The lowest BCUT2D eigenvalue weighted by atomic mass is 10.1. The SMILES string of the molecule is CCN(C[C@@H](C)N(CC)CC1Cc2cc(Oc3nc4ncccc4s3)ccc2O1)C(C)=O. The number of thiazole rings is 1. The summed E-state index contributed by atoms with van der Waals surface area (Å²) in [6.07, 6.45) is 2.65. The molecule has 1 aliphatic heterocycles. The minimum absolute atomic E-state index is 0.0849. The molecule has 1 amide bonds. The minimum Gasteiger partial charge on any atom is -0.488 e. The third-order valence-electron chi connectivity index (χ3n) is 5.90. The zero-order valence-corrected chi connectivity index (χ0v) is 19.9. The number of fused-ring (bicyclic) bond motifs is 2. The number of hydrogen-bond acceptors (Lipinski definition) is 7. The number of pyridine rings is 1. The highest BCUT2D eigenvalue weighted by atomic mass is 32.1. The van der Waals surface area contributed by atoms with Gasteiger partial charge in [0.25, 0.3) is 5.19 Å². The van der Waals surface area contributed by atoms with E-state index in [1.165, 1.54) is 11.3 Å². The first kappa shape index (κ1) is 22.5. The molecule has 1 unspecified atom stereocenters. The molecule has 0 radical (unpaired) electrons. The number of nitrogens with zero attached hydrogens (tertiary/aromatic N) is 4. The van der Waals surface area contributed by atoms with Crippen molar-refractivity contribution in [2.24, 2.45) is 0 Å². The summed E-state index contributed by atoms with van der Waals surface area (Å²) in [5, 5.41) is 0.589. The van der Waals surface area contributed by atoms with Gasteiger partial charge in [0, 0.05) is 50.8 Å². The highest BCUT2D eigenvalue weighted by Gasteiger charge is 2.27. The Labute approximate surface area is 193 Å². The fourth-order valence-electron chi connectivity index (χ4n) is 4.15. The van der Waals surface area contributed by atoms with Gasteiger partial charge in [0.15, 0.2) is 5.65 Å². The van der Waals surface area contributed by atoms with E-state index in [-0.39, 0.29) is 18.1 Å². The Kier molecular flexibility index (Phi) is 6.91. The molecular weight excluding hydrogens is 424 g/mol. The van der Waals surface area contributed by atoms with E-state index < -0.39 is 0 Å². The lowest BCUT2D eigenvalue weighted by Gasteiger charge is -2.33. The number of likely N-dealkylation sites (N-methyl/N-ethyl adjacent to an activating group) is 2. The number of amides is 1. The molecule has 0 spiro atoms. The van der Waals surface area contributed by atoms with Crippen LogP contribution in [-0.4, -0.2) is 64.0 Å². The van der Waals surface area contributed by atoms with Crippen molar-refractivity contribution in [3.8, 4) is 16.7 Å². The summed E-state index contributed by atoms with van der Waals surface area (Å²) >= 11 is 1.49. The van der Waals surface area contributed by atoms with Gasteiger partial charge in [0.2, 0.25) is 5.91 Å². The molecule has 0 N–H and O–H groups in total. The Bertz CT molecular complexity index is 1050. The van der Waals surface area contributed by atoms with Gasteiger partial charge in [0.1, 0.15) is 17.6 Å². The van der Waals surface area contributed by atoms with Crippen LogP contribution in [0.25, 0.3) is 10.3 Å². The Morgan fingerprint density at radius 1 is 1.31 bits per heavy atom. The van der Waals surface area contributed by atoms with Gasteiger partial charge in [0.05, 0.1) is 4.70 Å². The van der Waals surface area contributed by atoms with E-state index in [1.807, 2.05) is 42.2 Å². The molecule has 0 bridgehead atoms. The maximum absolute atomic E-state index is 11.8. The van der Waals surface area contributed by atoms with E-state index >= 15 is 0 Å². The van der Waals surface area contributed by atoms with Gasteiger partial charge in [-0.2, -0.15) is 4.98 Å². The average Bonchev–Trinajstić information content (AvgIpc) is 3.37. The number of hydrogen-bond donors (Lipinski definition) is 0. The molecular formula is C24H30N4O3S. The lowest BCUT2D eigenvalue weighted by Crippen LogP contribution is -2.47. The zero-order chi connectivity index (χ0) is 22.7. The molecule has 2 aromatic heterocycles. The van der Waals surface area contributed by atoms with E-state index in [0.29, 0.717) is 10.8 Å². The number of carbonyl (C=O) groups excluding carboxylic acids is 1. The van der Waals surface area contributed by atoms with Crippen LogP contribution in [0.1, 0.15) is 33.3 Å². The highest BCUT2D eigenvalue weighted by molar-refractivity contribution is 7.20. The number of carbonyl (C=O) groups is 1. The molecule has 7 nitrogen and oxygen atoms in total. The second-order valence-corrected chi connectivity index (χ2v) is 9.11. The quantitative estimate of drug-likeness (QED) is 0.478. The van der Waals surface area contributed by atoms with Crippen LogP contribution >= 0.6 is 11.3 Å². The van der Waals surface area contributed by atoms with Gasteiger partial charge in [-0.15, -0.1) is 0 Å². The number of aromatic nitrogens is 2. The van der Waals surface area contributed by atoms with Crippen molar-refractivity contribution >= 4 is 27.6 Å². The first-order chi connectivity index (χ1) is 15.5. The van der Waals surface area contributed by atoms with Crippen molar-refractivity contribution in [3.05, 3.63) is 42.1 Å². The summed E-state index contributed by atoms with van der Waals surface area (Å²) in [7, 11) is 0. The van der Waals surface area contributed by atoms with Crippen molar-refractivity contribution in [1.82, 2.24) is 19.8 Å². The van der Waals surface area contributed by atoms with Gasteiger partial charge in [-0.05, 0) is 50.7 Å². The van der Waals surface area contributed by atoms with E-state index in [2.05, 4.69) is 28.7 Å². The molecule has 3 heterocycles. The normalized spacial score (nSPS) is 16.1. The zero-order valence-electron chi connectivity index (χ0n) is 19.1. The Morgan fingerprint density at radius 2 is 2.16 bits per heavy atom. The largest absolute Gasteiger partial charge is 0.488 e. The third kappa shape index (κ3) is 5.02. The van der Waals surface area contributed by atoms with Crippen LogP contribution < -0.4 is 9.47 Å². The van der Waals surface area contributed by atoms with Crippen LogP contribution in [-0.2, 0) is 11.2 Å². The molecule has 4 rings (SSSR count).